The van der Waals surface area contributed by atoms with E-state index in [0.29, 0.717) is 34.2 Å². The highest BCUT2D eigenvalue weighted by atomic mass is 19.1. The fourth-order valence-electron chi connectivity index (χ4n) is 4.70. The number of nitrogen functional groups attached to an aromatic ring is 1. The van der Waals surface area contributed by atoms with Crippen molar-refractivity contribution in [2.45, 2.75) is 12.1 Å². The number of benzene rings is 2. The molecule has 206 valence electrons. The highest BCUT2D eigenvalue weighted by Gasteiger charge is 2.35. The Balaban J connectivity index is 1.45. The number of hydrogen-bond donors (Lipinski definition) is 2. The second-order valence-corrected chi connectivity index (χ2v) is 9.40. The van der Waals surface area contributed by atoms with Gasteiger partial charge in [-0.05, 0) is 54.1 Å². The van der Waals surface area contributed by atoms with Crippen LogP contribution in [0.4, 0.5) is 19.0 Å². The van der Waals surface area contributed by atoms with E-state index in [4.69, 9.17) is 15.6 Å². The fourth-order valence-corrected chi connectivity index (χ4v) is 4.70. The Bertz CT molecular complexity index is 1840. The third-order valence-corrected chi connectivity index (χ3v) is 6.59. The van der Waals surface area contributed by atoms with Gasteiger partial charge in [-0.25, -0.2) is 27.8 Å². The zero-order chi connectivity index (χ0) is 28.6. The Kier molecular flexibility index (Phi) is 6.59. The van der Waals surface area contributed by atoms with E-state index in [0.717, 1.165) is 17.7 Å². The van der Waals surface area contributed by atoms with E-state index in [9.17, 15) is 18.3 Å². The number of pyridine rings is 2. The van der Waals surface area contributed by atoms with Crippen molar-refractivity contribution in [2.75, 3.05) is 12.3 Å². The summed E-state index contributed by atoms with van der Waals surface area (Å²) in [5, 5.41) is 20.4. The number of anilines is 1. The molecule has 2 aromatic carbocycles. The summed E-state index contributed by atoms with van der Waals surface area (Å²) in [4.78, 5) is 7.95. The van der Waals surface area contributed by atoms with Gasteiger partial charge in [0.1, 0.15) is 53.8 Å². The molecule has 0 fully saturated rings. The first-order valence-corrected chi connectivity index (χ1v) is 12.4. The first kappa shape index (κ1) is 26.0. The van der Waals surface area contributed by atoms with Gasteiger partial charge in [0.25, 0.3) is 0 Å². The van der Waals surface area contributed by atoms with Crippen LogP contribution in [0.1, 0.15) is 5.56 Å². The van der Waals surface area contributed by atoms with Crippen LogP contribution < -0.4 is 10.5 Å². The average molecular weight is 558 g/mol. The van der Waals surface area contributed by atoms with Crippen molar-refractivity contribution in [3.8, 4) is 28.3 Å². The molecule has 3 N–H and O–H groups in total. The Morgan fingerprint density at radius 3 is 2.46 bits per heavy atom. The van der Waals surface area contributed by atoms with Crippen LogP contribution in [0, 0.1) is 17.5 Å². The minimum atomic E-state index is -1.97. The standard InChI is InChI=1S/C29H22F3N7O2/c30-20-6-4-18(5-7-20)28-27(19-10-11-35-25(33)12-19)24-2-1-3-26(39(24)37-28)41-15-29(40,14-38-17-34-16-36-38)22-9-8-21(31)13-23(22)32/h1-13,16-17,40H,14-15H2,(H2,33,35). The molecule has 12 heteroatoms. The van der Waals surface area contributed by atoms with Crippen molar-refractivity contribution in [1.82, 2.24) is 29.4 Å². The number of nitrogens with zero attached hydrogens (tertiary/aromatic N) is 6. The average Bonchev–Trinajstić information content (AvgIpc) is 3.60. The number of aromatic nitrogens is 6. The lowest BCUT2D eigenvalue weighted by molar-refractivity contribution is -0.0314. The van der Waals surface area contributed by atoms with E-state index in [2.05, 4.69) is 15.1 Å². The van der Waals surface area contributed by atoms with Gasteiger partial charge in [0, 0.05) is 35.0 Å². The molecule has 0 bridgehead atoms. The van der Waals surface area contributed by atoms with E-state index >= 15 is 0 Å². The molecule has 0 radical (unpaired) electrons. The molecule has 0 aliphatic carbocycles. The van der Waals surface area contributed by atoms with E-state index < -0.39 is 29.7 Å². The van der Waals surface area contributed by atoms with Crippen molar-refractivity contribution in [3.05, 3.63) is 115 Å². The Hall–Kier alpha value is -5.23. The summed E-state index contributed by atoms with van der Waals surface area (Å²) in [6, 6.07) is 17.5. The topological polar surface area (TPSA) is 116 Å². The minimum Gasteiger partial charge on any atom is -0.474 e. The third-order valence-electron chi connectivity index (χ3n) is 6.59. The second kappa shape index (κ2) is 10.4. The molecule has 6 rings (SSSR count). The summed E-state index contributed by atoms with van der Waals surface area (Å²) >= 11 is 0. The van der Waals surface area contributed by atoms with Gasteiger partial charge in [-0.2, -0.15) is 14.7 Å². The van der Waals surface area contributed by atoms with Crippen molar-refractivity contribution >= 4 is 11.3 Å². The smallest absolute Gasteiger partial charge is 0.215 e. The molecule has 1 atom stereocenters. The Morgan fingerprint density at radius 1 is 0.927 bits per heavy atom. The number of nitrogens with two attached hydrogens (primary N) is 1. The highest BCUT2D eigenvalue weighted by Crippen LogP contribution is 2.37. The van der Waals surface area contributed by atoms with Crippen LogP contribution in [-0.4, -0.2) is 41.1 Å². The number of hydrogen-bond acceptors (Lipinski definition) is 7. The lowest BCUT2D eigenvalue weighted by Crippen LogP contribution is -2.39. The van der Waals surface area contributed by atoms with Crippen LogP contribution in [0.5, 0.6) is 5.88 Å². The van der Waals surface area contributed by atoms with Crippen LogP contribution in [0.2, 0.25) is 0 Å². The van der Waals surface area contributed by atoms with Gasteiger partial charge in [0.05, 0.1) is 12.1 Å². The van der Waals surface area contributed by atoms with Crippen molar-refractivity contribution < 1.29 is 23.0 Å². The van der Waals surface area contributed by atoms with Gasteiger partial charge in [-0.1, -0.05) is 12.1 Å². The maximum Gasteiger partial charge on any atom is 0.215 e. The van der Waals surface area contributed by atoms with Crippen molar-refractivity contribution in [2.24, 2.45) is 0 Å². The first-order valence-electron chi connectivity index (χ1n) is 12.4. The largest absolute Gasteiger partial charge is 0.474 e. The maximum atomic E-state index is 14.9. The van der Waals surface area contributed by atoms with Crippen molar-refractivity contribution in [3.63, 3.8) is 0 Å². The molecule has 4 aromatic heterocycles. The third kappa shape index (κ3) is 5.08. The molecule has 0 aliphatic heterocycles. The first-order chi connectivity index (χ1) is 19.8. The SMILES string of the molecule is Nc1cc(-c2c(-c3ccc(F)cc3)nn3c(OCC(O)(Cn4cncn4)c4ccc(F)cc4F)cccc23)ccn1. The molecule has 0 aliphatic rings. The normalized spacial score (nSPS) is 12.9. The number of fused-ring (bicyclic) bond motifs is 1. The Morgan fingerprint density at radius 2 is 1.73 bits per heavy atom. The molecule has 41 heavy (non-hydrogen) atoms. The van der Waals surface area contributed by atoms with Gasteiger partial charge in [-0.15, -0.1) is 0 Å². The van der Waals surface area contributed by atoms with Crippen LogP contribution >= 0.6 is 0 Å². The molecule has 0 saturated carbocycles. The number of aliphatic hydroxyl groups is 1. The molecular weight excluding hydrogens is 535 g/mol. The van der Waals surface area contributed by atoms with Gasteiger partial charge in [0.15, 0.2) is 0 Å². The summed E-state index contributed by atoms with van der Waals surface area (Å²) < 4.78 is 51.2. The van der Waals surface area contributed by atoms with E-state index in [-0.39, 0.29) is 18.0 Å². The molecule has 0 amide bonds. The monoisotopic (exact) mass is 557 g/mol. The predicted octanol–water partition coefficient (Wildman–Crippen LogP) is 4.62. The van der Waals surface area contributed by atoms with Gasteiger partial charge in [0.2, 0.25) is 5.88 Å². The van der Waals surface area contributed by atoms with E-state index in [1.165, 1.54) is 34.0 Å². The quantitative estimate of drug-likeness (QED) is 0.281. The minimum absolute atomic E-state index is 0.179. The summed E-state index contributed by atoms with van der Waals surface area (Å²) in [7, 11) is 0. The van der Waals surface area contributed by atoms with E-state index in [1.807, 2.05) is 6.07 Å². The van der Waals surface area contributed by atoms with Gasteiger partial charge >= 0.3 is 0 Å². The second-order valence-electron chi connectivity index (χ2n) is 9.40. The molecule has 1 unspecified atom stereocenters. The van der Waals surface area contributed by atoms with Crippen molar-refractivity contribution in [1.29, 1.82) is 0 Å². The molecule has 6 aromatic rings. The highest BCUT2D eigenvalue weighted by molar-refractivity contribution is 5.92. The number of halogens is 3. The van der Waals surface area contributed by atoms with Crippen LogP contribution in [-0.2, 0) is 12.1 Å². The molecular formula is C29H22F3N7O2. The predicted molar refractivity (Wildman–Crippen MR) is 144 cm³/mol. The van der Waals surface area contributed by atoms with Crippen LogP contribution in [0.3, 0.4) is 0 Å². The van der Waals surface area contributed by atoms with Crippen LogP contribution in [0.25, 0.3) is 27.9 Å². The molecule has 0 spiro atoms. The fraction of sp³-hybridized carbons (Fsp3) is 0.103. The van der Waals surface area contributed by atoms with Gasteiger partial charge < -0.3 is 15.6 Å². The zero-order valence-electron chi connectivity index (χ0n) is 21.3. The van der Waals surface area contributed by atoms with E-state index in [1.54, 1.807) is 42.6 Å². The molecule has 4 heterocycles. The Labute approximate surface area is 231 Å². The summed E-state index contributed by atoms with van der Waals surface area (Å²) in [6.45, 7) is -0.676. The summed E-state index contributed by atoms with van der Waals surface area (Å²) in [5.41, 5.74) is 7.03. The summed E-state index contributed by atoms with van der Waals surface area (Å²) in [6.07, 6.45) is 4.21. The molecule has 9 nitrogen and oxygen atoms in total. The van der Waals surface area contributed by atoms with Crippen LogP contribution in [0.15, 0.2) is 91.6 Å². The zero-order valence-corrected chi connectivity index (χ0v) is 21.3. The molecule has 0 saturated heterocycles. The summed E-state index contributed by atoms with van der Waals surface area (Å²) in [5.74, 6) is -1.59. The number of rotatable bonds is 8. The number of ether oxygens (including phenoxy) is 1. The maximum absolute atomic E-state index is 14.9. The lowest BCUT2D eigenvalue weighted by Gasteiger charge is -2.28. The lowest BCUT2D eigenvalue weighted by atomic mass is 9.94. The van der Waals surface area contributed by atoms with Gasteiger partial charge in [-0.3, -0.25) is 0 Å².